The lowest BCUT2D eigenvalue weighted by Gasteiger charge is -2.04. The van der Waals surface area contributed by atoms with Crippen molar-refractivity contribution in [3.05, 3.63) is 23.8 Å². The molecule has 14 heavy (non-hydrogen) atoms. The minimum atomic E-state index is 0.293. The molecule has 0 radical (unpaired) electrons. The summed E-state index contributed by atoms with van der Waals surface area (Å²) in [6.07, 6.45) is 0. The van der Waals surface area contributed by atoms with Gasteiger partial charge in [0.15, 0.2) is 16.6 Å². The summed E-state index contributed by atoms with van der Waals surface area (Å²) in [6.45, 7) is 0.896. The van der Waals surface area contributed by atoms with Crippen molar-refractivity contribution in [1.82, 2.24) is 5.32 Å². The van der Waals surface area contributed by atoms with E-state index in [0.29, 0.717) is 18.5 Å². The zero-order valence-corrected chi connectivity index (χ0v) is 8.26. The molecule has 1 aliphatic heterocycles. The molecule has 4 nitrogen and oxygen atoms in total. The SMILES string of the molecule is NC(=S)NCc1ccc2c(c1)OCO2. The molecule has 1 aromatic rings. The van der Waals surface area contributed by atoms with E-state index in [1.165, 1.54) is 0 Å². The Morgan fingerprint density at radius 3 is 3.00 bits per heavy atom. The zero-order chi connectivity index (χ0) is 9.97. The van der Waals surface area contributed by atoms with Crippen LogP contribution in [-0.4, -0.2) is 11.9 Å². The monoisotopic (exact) mass is 210 g/mol. The number of thiocarbonyl (C=S) groups is 1. The van der Waals surface area contributed by atoms with Gasteiger partial charge >= 0.3 is 0 Å². The van der Waals surface area contributed by atoms with Gasteiger partial charge in [0.05, 0.1) is 0 Å². The van der Waals surface area contributed by atoms with Crippen LogP contribution in [0.2, 0.25) is 0 Å². The lowest BCUT2D eigenvalue weighted by Crippen LogP contribution is -2.28. The van der Waals surface area contributed by atoms with Crippen LogP contribution in [0.1, 0.15) is 5.56 Å². The summed E-state index contributed by atoms with van der Waals surface area (Å²) in [5.74, 6) is 1.55. The summed E-state index contributed by atoms with van der Waals surface area (Å²) >= 11 is 4.70. The van der Waals surface area contributed by atoms with Crippen LogP contribution in [-0.2, 0) is 6.54 Å². The fourth-order valence-electron chi connectivity index (χ4n) is 1.24. The quantitative estimate of drug-likeness (QED) is 0.705. The molecule has 1 aliphatic rings. The first-order valence-corrected chi connectivity index (χ1v) is 4.58. The van der Waals surface area contributed by atoms with Crippen molar-refractivity contribution in [2.24, 2.45) is 5.73 Å². The Labute approximate surface area is 87.0 Å². The number of hydrogen-bond acceptors (Lipinski definition) is 3. The molecule has 1 heterocycles. The van der Waals surface area contributed by atoms with Crippen LogP contribution in [0.4, 0.5) is 0 Å². The molecule has 5 heteroatoms. The predicted octanol–water partition coefficient (Wildman–Crippen LogP) is 0.749. The molecule has 0 bridgehead atoms. The second-order valence-electron chi connectivity index (χ2n) is 2.91. The van der Waals surface area contributed by atoms with Gasteiger partial charge < -0.3 is 20.5 Å². The van der Waals surface area contributed by atoms with E-state index in [9.17, 15) is 0 Å². The summed E-state index contributed by atoms with van der Waals surface area (Å²) in [5, 5.41) is 3.16. The molecule has 0 spiro atoms. The molecule has 74 valence electrons. The van der Waals surface area contributed by atoms with Gasteiger partial charge in [-0.25, -0.2) is 0 Å². The first kappa shape index (κ1) is 9.08. The van der Waals surface area contributed by atoms with Crippen LogP contribution in [0.3, 0.4) is 0 Å². The summed E-state index contributed by atoms with van der Waals surface area (Å²) in [5.41, 5.74) is 6.37. The second-order valence-corrected chi connectivity index (χ2v) is 3.35. The van der Waals surface area contributed by atoms with Crippen LogP contribution in [0.25, 0.3) is 0 Å². The van der Waals surface area contributed by atoms with E-state index in [0.717, 1.165) is 17.1 Å². The largest absolute Gasteiger partial charge is 0.454 e. The van der Waals surface area contributed by atoms with Gasteiger partial charge in [0, 0.05) is 6.54 Å². The van der Waals surface area contributed by atoms with Crippen molar-refractivity contribution in [3.8, 4) is 11.5 Å². The topological polar surface area (TPSA) is 56.5 Å². The number of nitrogens with two attached hydrogens (primary N) is 1. The Balaban J connectivity index is 2.09. The molecule has 0 aliphatic carbocycles. The average molecular weight is 210 g/mol. The first-order valence-electron chi connectivity index (χ1n) is 4.17. The van der Waals surface area contributed by atoms with Gasteiger partial charge in [0.1, 0.15) is 0 Å². The lowest BCUT2D eigenvalue weighted by atomic mass is 10.2. The summed E-state index contributed by atoms with van der Waals surface area (Å²) in [7, 11) is 0. The maximum Gasteiger partial charge on any atom is 0.231 e. The van der Waals surface area contributed by atoms with E-state index >= 15 is 0 Å². The Bertz CT molecular complexity index is 368. The van der Waals surface area contributed by atoms with Gasteiger partial charge in [-0.1, -0.05) is 6.07 Å². The predicted molar refractivity (Wildman–Crippen MR) is 56.2 cm³/mol. The lowest BCUT2D eigenvalue weighted by molar-refractivity contribution is 0.174. The Kier molecular flexibility index (Phi) is 2.41. The van der Waals surface area contributed by atoms with Gasteiger partial charge in [0.2, 0.25) is 6.79 Å². The third-order valence-corrected chi connectivity index (χ3v) is 2.05. The van der Waals surface area contributed by atoms with Crippen molar-refractivity contribution in [3.63, 3.8) is 0 Å². The van der Waals surface area contributed by atoms with E-state index in [2.05, 4.69) is 5.32 Å². The van der Waals surface area contributed by atoms with Crippen molar-refractivity contribution in [1.29, 1.82) is 0 Å². The molecule has 0 saturated carbocycles. The Morgan fingerprint density at radius 2 is 2.21 bits per heavy atom. The van der Waals surface area contributed by atoms with E-state index < -0.39 is 0 Å². The molecule has 0 unspecified atom stereocenters. The van der Waals surface area contributed by atoms with Crippen LogP contribution in [0.15, 0.2) is 18.2 Å². The van der Waals surface area contributed by atoms with Crippen molar-refractivity contribution in [2.75, 3.05) is 6.79 Å². The Morgan fingerprint density at radius 1 is 1.43 bits per heavy atom. The van der Waals surface area contributed by atoms with Crippen LogP contribution < -0.4 is 20.5 Å². The average Bonchev–Trinajstić information content (AvgIpc) is 2.61. The van der Waals surface area contributed by atoms with Gasteiger partial charge in [-0.15, -0.1) is 0 Å². The number of benzene rings is 1. The number of hydrogen-bond donors (Lipinski definition) is 2. The highest BCUT2D eigenvalue weighted by Crippen LogP contribution is 2.32. The molecule has 3 N–H and O–H groups in total. The molecule has 0 aromatic heterocycles. The van der Waals surface area contributed by atoms with Gasteiger partial charge in [-0.2, -0.15) is 0 Å². The van der Waals surface area contributed by atoms with Crippen molar-refractivity contribution < 1.29 is 9.47 Å². The fraction of sp³-hybridized carbons (Fsp3) is 0.222. The molecule has 0 saturated heterocycles. The molecular weight excluding hydrogens is 200 g/mol. The maximum atomic E-state index is 5.32. The van der Waals surface area contributed by atoms with Gasteiger partial charge in [-0.05, 0) is 29.9 Å². The third kappa shape index (κ3) is 1.88. The fourth-order valence-corrected chi connectivity index (χ4v) is 1.31. The van der Waals surface area contributed by atoms with E-state index in [1.807, 2.05) is 18.2 Å². The third-order valence-electron chi connectivity index (χ3n) is 1.90. The van der Waals surface area contributed by atoms with E-state index in [-0.39, 0.29) is 0 Å². The minimum absolute atomic E-state index is 0.293. The number of ether oxygens (including phenoxy) is 2. The molecule has 0 atom stereocenters. The van der Waals surface area contributed by atoms with Crippen LogP contribution in [0.5, 0.6) is 11.5 Å². The number of nitrogens with one attached hydrogen (secondary N) is 1. The summed E-state index contributed by atoms with van der Waals surface area (Å²) < 4.78 is 10.4. The van der Waals surface area contributed by atoms with Crippen LogP contribution in [0, 0.1) is 0 Å². The highest BCUT2D eigenvalue weighted by atomic mass is 32.1. The summed E-state index contributed by atoms with van der Waals surface area (Å²) in [6, 6.07) is 5.73. The highest BCUT2D eigenvalue weighted by Gasteiger charge is 2.12. The molecule has 0 fully saturated rings. The zero-order valence-electron chi connectivity index (χ0n) is 7.45. The van der Waals surface area contributed by atoms with Crippen molar-refractivity contribution >= 4 is 17.3 Å². The van der Waals surface area contributed by atoms with Crippen molar-refractivity contribution in [2.45, 2.75) is 6.54 Å². The second kappa shape index (κ2) is 3.71. The normalized spacial score (nSPS) is 12.6. The van der Waals surface area contributed by atoms with Gasteiger partial charge in [0.25, 0.3) is 0 Å². The van der Waals surface area contributed by atoms with E-state index in [4.69, 9.17) is 27.4 Å². The number of fused-ring (bicyclic) bond motifs is 1. The van der Waals surface area contributed by atoms with Gasteiger partial charge in [-0.3, -0.25) is 0 Å². The maximum absolute atomic E-state index is 5.32. The smallest absolute Gasteiger partial charge is 0.231 e. The van der Waals surface area contributed by atoms with Crippen LogP contribution >= 0.6 is 12.2 Å². The molecule has 2 rings (SSSR count). The molecule has 1 aromatic carbocycles. The molecule has 0 amide bonds. The first-order chi connectivity index (χ1) is 6.75. The standard InChI is InChI=1S/C9H10N2O2S/c10-9(14)11-4-6-1-2-7-8(3-6)13-5-12-7/h1-3H,4-5H2,(H3,10,11,14). The Hall–Kier alpha value is -1.49. The minimum Gasteiger partial charge on any atom is -0.454 e. The summed E-state index contributed by atoms with van der Waals surface area (Å²) in [4.78, 5) is 0. The van der Waals surface area contributed by atoms with E-state index in [1.54, 1.807) is 0 Å². The number of rotatable bonds is 2. The molecular formula is C9H10N2O2S. The highest BCUT2D eigenvalue weighted by molar-refractivity contribution is 7.80.